The number of anilines is 1. The summed E-state index contributed by atoms with van der Waals surface area (Å²) in [6.45, 7) is -0.625. The van der Waals surface area contributed by atoms with E-state index in [1.807, 2.05) is 0 Å². The van der Waals surface area contributed by atoms with Gasteiger partial charge in [-0.15, -0.1) is 34.9 Å². The van der Waals surface area contributed by atoms with E-state index >= 15 is 0 Å². The fourth-order valence-corrected chi connectivity index (χ4v) is 5.52. The SMILES string of the molecule is Nc1nc(/C(=N\O)C([O-])=N[C@@H]2C(=O)N3C(C(=O)O)=C(SCCF)CS[C@H]23)cs1.[Na+]. The Morgan fingerprint density at radius 3 is 2.83 bits per heavy atom. The van der Waals surface area contributed by atoms with Gasteiger partial charge in [0.15, 0.2) is 11.2 Å². The maximum absolute atomic E-state index is 12.5. The Kier molecular flexibility index (Phi) is 8.37. The summed E-state index contributed by atoms with van der Waals surface area (Å²) >= 11 is 3.30. The van der Waals surface area contributed by atoms with Gasteiger partial charge in [0.1, 0.15) is 22.5 Å². The summed E-state index contributed by atoms with van der Waals surface area (Å²) in [4.78, 5) is 33.1. The van der Waals surface area contributed by atoms with E-state index in [-0.39, 0.29) is 57.6 Å². The smallest absolute Gasteiger partial charge is 0.857 e. The van der Waals surface area contributed by atoms with Crippen LogP contribution in [0.1, 0.15) is 5.69 Å². The van der Waals surface area contributed by atoms with Gasteiger partial charge in [-0.3, -0.25) is 19.1 Å². The normalized spacial score (nSPS) is 22.1. The average molecular weight is 469 g/mol. The van der Waals surface area contributed by atoms with E-state index < -0.39 is 41.6 Å². The molecule has 2 aliphatic rings. The molecule has 150 valence electrons. The van der Waals surface area contributed by atoms with Crippen LogP contribution in [-0.2, 0) is 9.59 Å². The van der Waals surface area contributed by atoms with Crippen molar-refractivity contribution < 1.29 is 59.0 Å². The van der Waals surface area contributed by atoms with Crippen molar-refractivity contribution >= 4 is 63.5 Å². The second-order valence-electron chi connectivity index (χ2n) is 5.42. The molecule has 10 nitrogen and oxygen atoms in total. The molecule has 0 spiro atoms. The summed E-state index contributed by atoms with van der Waals surface area (Å²) in [6.07, 6.45) is 0. The number of aliphatic imine (C=N–C) groups is 1. The third kappa shape index (κ3) is 4.72. The molecule has 2 aliphatic heterocycles. The van der Waals surface area contributed by atoms with Crippen LogP contribution in [0.5, 0.6) is 0 Å². The molecule has 0 bridgehead atoms. The summed E-state index contributed by atoms with van der Waals surface area (Å²) < 4.78 is 12.4. The third-order valence-electron chi connectivity index (χ3n) is 3.78. The molecule has 1 saturated heterocycles. The summed E-state index contributed by atoms with van der Waals surface area (Å²) in [7, 11) is 0. The summed E-state index contributed by atoms with van der Waals surface area (Å²) in [5.41, 5.74) is 4.83. The van der Waals surface area contributed by atoms with E-state index in [4.69, 9.17) is 10.9 Å². The van der Waals surface area contributed by atoms with Crippen molar-refractivity contribution in [1.29, 1.82) is 0 Å². The molecular formula is C14H13FN5NaO5S3. The monoisotopic (exact) mass is 469 g/mol. The van der Waals surface area contributed by atoms with Crippen molar-refractivity contribution in [3.8, 4) is 0 Å². The topological polar surface area (TPSA) is 165 Å². The number of thioether (sulfide) groups is 2. The number of rotatable bonds is 7. The minimum absolute atomic E-state index is 0. The average Bonchev–Trinajstić information content (AvgIpc) is 3.09. The number of nitrogen functional groups attached to an aromatic ring is 1. The van der Waals surface area contributed by atoms with Gasteiger partial charge in [-0.2, -0.15) is 0 Å². The Bertz CT molecular complexity index is 908. The number of hydrogen-bond donors (Lipinski definition) is 3. The van der Waals surface area contributed by atoms with Gasteiger partial charge in [0.2, 0.25) is 0 Å². The van der Waals surface area contributed by atoms with Gasteiger partial charge in [-0.05, 0) is 0 Å². The Hall–Kier alpha value is -1.32. The molecule has 3 heterocycles. The minimum Gasteiger partial charge on any atom is -0.857 e. The van der Waals surface area contributed by atoms with Gasteiger partial charge in [-0.25, -0.2) is 9.78 Å². The molecule has 0 unspecified atom stereocenters. The largest absolute Gasteiger partial charge is 1.00 e. The number of carbonyl (C=O) groups excluding carboxylic acids is 1. The fraction of sp³-hybridized carbons (Fsp3) is 0.357. The van der Waals surface area contributed by atoms with Crippen molar-refractivity contribution in [3.63, 3.8) is 0 Å². The van der Waals surface area contributed by atoms with Crippen molar-refractivity contribution in [2.45, 2.75) is 11.4 Å². The quantitative estimate of drug-likeness (QED) is 0.0939. The zero-order valence-electron chi connectivity index (χ0n) is 14.9. The predicted molar refractivity (Wildman–Crippen MR) is 102 cm³/mol. The number of aromatic nitrogens is 1. The molecule has 3 rings (SSSR count). The number of fused-ring (bicyclic) bond motifs is 1. The standard InChI is InChI=1S/C14H14FN5O5S3.Na/c15-1-2-26-6-4-27-12-8(11(22)20(12)9(6)13(23)24)18-10(21)7(19-25)5-3-28-14(16)17-5;/h3,8,12,25H,1-2,4H2,(H2,16,17)(H,18,21)(H,23,24);/q;+1/p-1/b19-7+;/t8-,12-;/m1./s1. The van der Waals surface area contributed by atoms with E-state index in [0.29, 0.717) is 4.91 Å². The van der Waals surface area contributed by atoms with Gasteiger partial charge >= 0.3 is 35.5 Å². The first-order valence-electron chi connectivity index (χ1n) is 7.67. The van der Waals surface area contributed by atoms with E-state index in [1.54, 1.807) is 0 Å². The number of β-lactam (4-membered cyclic amide) rings is 1. The maximum atomic E-state index is 12.5. The van der Waals surface area contributed by atoms with E-state index in [9.17, 15) is 24.2 Å². The Morgan fingerprint density at radius 2 is 2.28 bits per heavy atom. The Labute approximate surface area is 198 Å². The number of nitrogens with zero attached hydrogens (tertiary/aromatic N) is 4. The molecule has 1 aromatic rings. The molecule has 29 heavy (non-hydrogen) atoms. The van der Waals surface area contributed by atoms with Crippen LogP contribution < -0.4 is 40.4 Å². The number of halogens is 1. The zero-order chi connectivity index (χ0) is 20.4. The molecule has 15 heteroatoms. The number of hydrogen-bond acceptors (Lipinski definition) is 11. The maximum Gasteiger partial charge on any atom is 1.00 e. The van der Waals surface area contributed by atoms with Crippen molar-refractivity contribution in [3.05, 3.63) is 21.7 Å². The predicted octanol–water partition coefficient (Wildman–Crippen LogP) is -3.05. The molecule has 4 N–H and O–H groups in total. The second-order valence-corrected chi connectivity index (χ2v) is 8.61. The number of oxime groups is 1. The van der Waals surface area contributed by atoms with Crippen LogP contribution in [0.25, 0.3) is 0 Å². The first-order chi connectivity index (χ1) is 13.4. The molecule has 0 aliphatic carbocycles. The molecule has 2 atom stereocenters. The van der Waals surface area contributed by atoms with Crippen molar-refractivity contribution in [2.75, 3.05) is 23.9 Å². The number of carboxylic acid groups (broad SMARTS) is 1. The van der Waals surface area contributed by atoms with Crippen LogP contribution >= 0.6 is 34.9 Å². The summed E-state index contributed by atoms with van der Waals surface area (Å²) in [5.74, 6) is -2.61. The number of amides is 1. The molecule has 1 amide bonds. The fourth-order valence-electron chi connectivity index (χ4n) is 2.62. The van der Waals surface area contributed by atoms with Gasteiger partial charge in [0, 0.05) is 27.7 Å². The summed E-state index contributed by atoms with van der Waals surface area (Å²) in [6, 6.07) is -1.12. The second kappa shape index (κ2) is 10.1. The van der Waals surface area contributed by atoms with Gasteiger partial charge in [0.25, 0.3) is 5.91 Å². The third-order valence-corrected chi connectivity index (χ3v) is 6.95. The van der Waals surface area contributed by atoms with E-state index in [2.05, 4.69) is 15.1 Å². The van der Waals surface area contributed by atoms with Crippen LogP contribution in [0, 0.1) is 0 Å². The Balaban J connectivity index is 0.00000300. The number of carbonyl (C=O) groups is 2. The molecule has 0 saturated carbocycles. The molecular weight excluding hydrogens is 456 g/mol. The van der Waals surface area contributed by atoms with Crippen LogP contribution in [0.3, 0.4) is 0 Å². The molecule has 0 radical (unpaired) electrons. The van der Waals surface area contributed by atoms with Crippen LogP contribution in [0.15, 0.2) is 26.1 Å². The minimum atomic E-state index is -1.31. The van der Waals surface area contributed by atoms with E-state index in [1.165, 1.54) is 17.1 Å². The number of nitrogens with two attached hydrogens (primary N) is 1. The van der Waals surface area contributed by atoms with Crippen LogP contribution in [0.4, 0.5) is 9.52 Å². The number of aliphatic carboxylic acids is 1. The summed E-state index contributed by atoms with van der Waals surface area (Å²) in [5, 5.41) is 34.7. The zero-order valence-corrected chi connectivity index (χ0v) is 19.4. The number of carboxylic acids is 1. The van der Waals surface area contributed by atoms with Gasteiger partial charge < -0.3 is 21.2 Å². The first kappa shape index (κ1) is 24.0. The first-order valence-corrected chi connectivity index (χ1v) is 10.6. The molecule has 1 aromatic heterocycles. The van der Waals surface area contributed by atoms with Gasteiger partial charge in [-0.1, -0.05) is 5.16 Å². The van der Waals surface area contributed by atoms with Crippen molar-refractivity contribution in [1.82, 2.24) is 9.88 Å². The number of alkyl halides is 1. The van der Waals surface area contributed by atoms with Crippen LogP contribution in [-0.4, -0.2) is 73.3 Å². The van der Waals surface area contributed by atoms with E-state index in [0.717, 1.165) is 28.0 Å². The van der Waals surface area contributed by atoms with Crippen molar-refractivity contribution in [2.24, 2.45) is 10.1 Å². The molecule has 0 aromatic carbocycles. The Morgan fingerprint density at radius 1 is 1.55 bits per heavy atom. The molecule has 1 fully saturated rings. The van der Waals surface area contributed by atoms with Crippen LogP contribution in [0.2, 0.25) is 0 Å². The van der Waals surface area contributed by atoms with Gasteiger partial charge in [0.05, 0.1) is 6.67 Å². The number of thiazole rings is 1.